The monoisotopic (exact) mass is 298 g/mol. The molecule has 0 saturated heterocycles. The Morgan fingerprint density at radius 3 is 2.80 bits per heavy atom. The highest BCUT2D eigenvalue weighted by Gasteiger charge is 2.22. The normalized spacial score (nSPS) is 12.2. The largest absolute Gasteiger partial charge is 0.374 e. The molecule has 0 saturated carbocycles. The maximum atomic E-state index is 13.9. The van der Waals surface area contributed by atoms with E-state index < -0.39 is 0 Å². The summed E-state index contributed by atoms with van der Waals surface area (Å²) in [7, 11) is 0. The zero-order chi connectivity index (χ0) is 14.8. The molecule has 0 spiro atoms. The van der Waals surface area contributed by atoms with Crippen LogP contribution in [-0.2, 0) is 17.7 Å². The number of rotatable bonds is 6. The molecule has 20 heavy (non-hydrogen) atoms. The second-order valence-corrected chi connectivity index (χ2v) is 5.73. The van der Waals surface area contributed by atoms with Gasteiger partial charge in [0.15, 0.2) is 5.82 Å². The van der Waals surface area contributed by atoms with Crippen LogP contribution in [0.15, 0.2) is 18.2 Å². The first kappa shape index (κ1) is 15.3. The van der Waals surface area contributed by atoms with E-state index in [1.165, 1.54) is 6.07 Å². The summed E-state index contributed by atoms with van der Waals surface area (Å²) in [6, 6.07) is 5.01. The summed E-state index contributed by atoms with van der Waals surface area (Å²) < 4.78 is 21.6. The molecule has 0 aliphatic heterocycles. The van der Waals surface area contributed by atoms with E-state index in [2.05, 4.69) is 4.98 Å². The van der Waals surface area contributed by atoms with Gasteiger partial charge in [-0.25, -0.2) is 9.37 Å². The molecule has 1 aromatic carbocycles. The second-order valence-electron chi connectivity index (χ2n) is 5.35. The van der Waals surface area contributed by atoms with Gasteiger partial charge in [0.1, 0.15) is 11.3 Å². The van der Waals surface area contributed by atoms with E-state index in [4.69, 9.17) is 16.3 Å². The van der Waals surface area contributed by atoms with E-state index >= 15 is 0 Å². The smallest absolute Gasteiger partial charge is 0.151 e. The van der Waals surface area contributed by atoms with Crippen LogP contribution in [0.1, 0.15) is 26.6 Å². The van der Waals surface area contributed by atoms with Crippen molar-refractivity contribution in [2.24, 2.45) is 0 Å². The molecular formula is C15H20ClFN2O. The van der Waals surface area contributed by atoms with Gasteiger partial charge in [-0.1, -0.05) is 6.07 Å². The van der Waals surface area contributed by atoms with Crippen molar-refractivity contribution in [2.45, 2.75) is 39.3 Å². The summed E-state index contributed by atoms with van der Waals surface area (Å²) in [6.07, 6.45) is 0.609. The first-order valence-corrected chi connectivity index (χ1v) is 7.35. The molecule has 5 heteroatoms. The van der Waals surface area contributed by atoms with E-state index in [-0.39, 0.29) is 11.4 Å². The first-order valence-electron chi connectivity index (χ1n) is 6.82. The summed E-state index contributed by atoms with van der Waals surface area (Å²) >= 11 is 5.83. The molecule has 0 amide bonds. The van der Waals surface area contributed by atoms with Gasteiger partial charge < -0.3 is 9.30 Å². The molecule has 1 heterocycles. The van der Waals surface area contributed by atoms with Gasteiger partial charge in [0, 0.05) is 18.9 Å². The molecule has 0 aliphatic carbocycles. The van der Waals surface area contributed by atoms with E-state index in [0.29, 0.717) is 31.0 Å². The van der Waals surface area contributed by atoms with Crippen LogP contribution in [0.5, 0.6) is 0 Å². The van der Waals surface area contributed by atoms with Crippen molar-refractivity contribution in [3.05, 3.63) is 29.8 Å². The maximum Gasteiger partial charge on any atom is 0.151 e. The topological polar surface area (TPSA) is 27.1 Å². The van der Waals surface area contributed by atoms with Crippen LogP contribution < -0.4 is 0 Å². The summed E-state index contributed by atoms with van der Waals surface area (Å²) in [5, 5.41) is 0. The molecule has 0 fully saturated rings. The highest BCUT2D eigenvalue weighted by Crippen LogP contribution is 2.23. The third-order valence-corrected chi connectivity index (χ3v) is 3.39. The number of hydrogen-bond donors (Lipinski definition) is 0. The van der Waals surface area contributed by atoms with E-state index in [9.17, 15) is 4.39 Å². The molecule has 0 aliphatic rings. The Kier molecular flexibility index (Phi) is 4.66. The average Bonchev–Trinajstić information content (AvgIpc) is 2.69. The standard InChI is InChI=1S/C15H20ClFN2O/c1-4-20-15(2,3)10-19-12-7-5-6-11(17)14(12)18-13(19)8-9-16/h5-7H,4,8-10H2,1-3H3. The fourth-order valence-electron chi connectivity index (χ4n) is 2.43. The predicted molar refractivity (Wildman–Crippen MR) is 79.8 cm³/mol. The fourth-order valence-corrected chi connectivity index (χ4v) is 2.60. The molecule has 1 aromatic heterocycles. The number of hydrogen-bond acceptors (Lipinski definition) is 2. The lowest BCUT2D eigenvalue weighted by molar-refractivity contribution is -0.0221. The summed E-state index contributed by atoms with van der Waals surface area (Å²) in [5.74, 6) is 0.958. The molecule has 2 rings (SSSR count). The Balaban J connectivity index is 2.49. The van der Waals surface area contributed by atoms with Crippen molar-refractivity contribution in [1.82, 2.24) is 9.55 Å². The summed E-state index contributed by atoms with van der Waals surface area (Å²) in [5.41, 5.74) is 0.855. The Morgan fingerprint density at radius 1 is 1.40 bits per heavy atom. The van der Waals surface area contributed by atoms with Gasteiger partial charge in [0.05, 0.1) is 17.7 Å². The Morgan fingerprint density at radius 2 is 2.15 bits per heavy atom. The van der Waals surface area contributed by atoms with Crippen LogP contribution in [-0.4, -0.2) is 27.6 Å². The van der Waals surface area contributed by atoms with Crippen molar-refractivity contribution in [1.29, 1.82) is 0 Å². The highest BCUT2D eigenvalue weighted by atomic mass is 35.5. The number of imidazole rings is 1. The van der Waals surface area contributed by atoms with Gasteiger partial charge in [-0.05, 0) is 32.9 Å². The van der Waals surface area contributed by atoms with Crippen LogP contribution in [0, 0.1) is 5.82 Å². The van der Waals surface area contributed by atoms with Crippen molar-refractivity contribution >= 4 is 22.6 Å². The third-order valence-electron chi connectivity index (χ3n) is 3.20. The van der Waals surface area contributed by atoms with Gasteiger partial charge in [-0.15, -0.1) is 11.6 Å². The van der Waals surface area contributed by atoms with Crippen LogP contribution in [0.4, 0.5) is 4.39 Å². The molecule has 3 nitrogen and oxygen atoms in total. The van der Waals surface area contributed by atoms with Crippen LogP contribution in [0.25, 0.3) is 11.0 Å². The maximum absolute atomic E-state index is 13.9. The van der Waals surface area contributed by atoms with Crippen molar-refractivity contribution in [3.63, 3.8) is 0 Å². The second kappa shape index (κ2) is 6.10. The lowest BCUT2D eigenvalue weighted by Gasteiger charge is -2.26. The number of aromatic nitrogens is 2. The lowest BCUT2D eigenvalue weighted by Crippen LogP contribution is -2.31. The third kappa shape index (κ3) is 3.13. The van der Waals surface area contributed by atoms with Gasteiger partial charge in [0.2, 0.25) is 0 Å². The Hall–Kier alpha value is -1.13. The number of halogens is 2. The summed E-state index contributed by atoms with van der Waals surface area (Å²) in [6.45, 7) is 7.26. The van der Waals surface area contributed by atoms with Crippen molar-refractivity contribution in [2.75, 3.05) is 12.5 Å². The number of alkyl halides is 1. The van der Waals surface area contributed by atoms with Crippen molar-refractivity contribution < 1.29 is 9.13 Å². The quantitative estimate of drug-likeness (QED) is 0.759. The van der Waals surface area contributed by atoms with Gasteiger partial charge in [-0.3, -0.25) is 0 Å². The molecule has 0 radical (unpaired) electrons. The lowest BCUT2D eigenvalue weighted by atomic mass is 10.1. The minimum Gasteiger partial charge on any atom is -0.374 e. The molecule has 0 bridgehead atoms. The highest BCUT2D eigenvalue weighted by molar-refractivity contribution is 6.17. The van der Waals surface area contributed by atoms with Crippen LogP contribution >= 0.6 is 11.6 Å². The Bertz CT molecular complexity index is 595. The van der Waals surface area contributed by atoms with Gasteiger partial charge in [-0.2, -0.15) is 0 Å². The number of nitrogens with zero attached hydrogens (tertiary/aromatic N) is 2. The summed E-state index contributed by atoms with van der Waals surface area (Å²) in [4.78, 5) is 4.39. The number of benzene rings is 1. The fraction of sp³-hybridized carbons (Fsp3) is 0.533. The van der Waals surface area contributed by atoms with E-state index in [1.807, 2.05) is 31.4 Å². The zero-order valence-corrected chi connectivity index (χ0v) is 12.9. The van der Waals surface area contributed by atoms with E-state index in [1.54, 1.807) is 6.07 Å². The molecule has 2 aromatic rings. The minimum atomic E-state index is -0.338. The zero-order valence-electron chi connectivity index (χ0n) is 12.1. The first-order chi connectivity index (χ1) is 9.48. The van der Waals surface area contributed by atoms with Gasteiger partial charge in [0.25, 0.3) is 0 Å². The minimum absolute atomic E-state index is 0.300. The number of aryl methyl sites for hydroxylation is 1. The number of fused-ring (bicyclic) bond motifs is 1. The average molecular weight is 299 g/mol. The molecule has 0 unspecified atom stereocenters. The van der Waals surface area contributed by atoms with Crippen molar-refractivity contribution in [3.8, 4) is 0 Å². The molecule has 110 valence electrons. The molecule has 0 atom stereocenters. The SMILES string of the molecule is CCOC(C)(C)Cn1c(CCCl)nc2c(F)cccc21. The molecular weight excluding hydrogens is 279 g/mol. The predicted octanol–water partition coefficient (Wildman–Crippen LogP) is 3.77. The van der Waals surface area contributed by atoms with E-state index in [0.717, 1.165) is 11.3 Å². The number of ether oxygens (including phenoxy) is 1. The number of para-hydroxylation sites is 1. The molecule has 0 N–H and O–H groups in total. The van der Waals surface area contributed by atoms with Gasteiger partial charge >= 0.3 is 0 Å². The van der Waals surface area contributed by atoms with Crippen LogP contribution in [0.3, 0.4) is 0 Å². The Labute approximate surface area is 123 Å². The van der Waals surface area contributed by atoms with Crippen LogP contribution in [0.2, 0.25) is 0 Å².